The summed E-state index contributed by atoms with van der Waals surface area (Å²) in [6.45, 7) is 0.533. The molecule has 3 rings (SSSR count). The molecule has 7 nitrogen and oxygen atoms in total. The van der Waals surface area contributed by atoms with Crippen molar-refractivity contribution in [3.8, 4) is 11.4 Å². The number of carbonyl (C=O) groups is 1. The van der Waals surface area contributed by atoms with Crippen LogP contribution in [0.15, 0.2) is 29.0 Å². The van der Waals surface area contributed by atoms with Crippen molar-refractivity contribution < 1.29 is 14.4 Å². The zero-order valence-corrected chi connectivity index (χ0v) is 12.8. The molecule has 0 aliphatic heterocycles. The van der Waals surface area contributed by atoms with E-state index in [0.29, 0.717) is 24.7 Å². The van der Waals surface area contributed by atoms with Crippen LogP contribution in [0.5, 0.6) is 0 Å². The molecule has 0 saturated heterocycles. The van der Waals surface area contributed by atoms with Crippen LogP contribution in [0.2, 0.25) is 0 Å². The molecule has 7 heteroatoms. The van der Waals surface area contributed by atoms with Crippen LogP contribution in [0.3, 0.4) is 0 Å². The molecule has 2 aromatic rings. The first-order chi connectivity index (χ1) is 11.2. The standard InChI is InChI=1S/C16H20N4O3/c21-13-5-1-3-11(13)10-18-14(22)6-7-15-19-16(20-23-15)12-4-2-8-17-9-12/h2,4,8-9,11,13,21H,1,3,5-7,10H2,(H,18,22). The third-order valence-corrected chi connectivity index (χ3v) is 4.13. The molecule has 122 valence electrons. The van der Waals surface area contributed by atoms with Gasteiger partial charge in [0.2, 0.25) is 17.6 Å². The van der Waals surface area contributed by atoms with E-state index in [-0.39, 0.29) is 24.3 Å². The Morgan fingerprint density at radius 3 is 3.09 bits per heavy atom. The number of hydrogen-bond acceptors (Lipinski definition) is 6. The van der Waals surface area contributed by atoms with Gasteiger partial charge in [0.15, 0.2) is 0 Å². The summed E-state index contributed by atoms with van der Waals surface area (Å²) in [5.74, 6) is 1.02. The largest absolute Gasteiger partial charge is 0.393 e. The molecular weight excluding hydrogens is 296 g/mol. The van der Waals surface area contributed by atoms with Gasteiger partial charge in [-0.25, -0.2) is 0 Å². The van der Waals surface area contributed by atoms with Crippen LogP contribution < -0.4 is 5.32 Å². The van der Waals surface area contributed by atoms with E-state index in [4.69, 9.17) is 4.52 Å². The fourth-order valence-corrected chi connectivity index (χ4v) is 2.78. The maximum absolute atomic E-state index is 11.9. The minimum Gasteiger partial charge on any atom is -0.393 e. The van der Waals surface area contributed by atoms with Gasteiger partial charge < -0.3 is 14.9 Å². The summed E-state index contributed by atoms with van der Waals surface area (Å²) < 4.78 is 5.16. The SMILES string of the molecule is O=C(CCc1nc(-c2cccnc2)no1)NCC1CCCC1O. The zero-order chi connectivity index (χ0) is 16.1. The molecule has 0 spiro atoms. The first-order valence-corrected chi connectivity index (χ1v) is 7.90. The Labute approximate surface area is 134 Å². The van der Waals surface area contributed by atoms with Gasteiger partial charge in [-0.2, -0.15) is 4.98 Å². The third kappa shape index (κ3) is 4.13. The number of nitrogens with zero attached hydrogens (tertiary/aromatic N) is 3. The van der Waals surface area contributed by atoms with E-state index in [9.17, 15) is 9.90 Å². The fraction of sp³-hybridized carbons (Fsp3) is 0.500. The number of pyridine rings is 1. The van der Waals surface area contributed by atoms with Gasteiger partial charge in [0.25, 0.3) is 0 Å². The number of nitrogens with one attached hydrogen (secondary N) is 1. The first kappa shape index (κ1) is 15.6. The van der Waals surface area contributed by atoms with E-state index in [1.807, 2.05) is 6.07 Å². The minimum absolute atomic E-state index is 0.0646. The van der Waals surface area contributed by atoms with Crippen LogP contribution in [0, 0.1) is 5.92 Å². The van der Waals surface area contributed by atoms with Crippen LogP contribution in [0.1, 0.15) is 31.6 Å². The van der Waals surface area contributed by atoms with Crippen LogP contribution >= 0.6 is 0 Å². The molecule has 2 atom stereocenters. The Balaban J connectivity index is 1.45. The third-order valence-electron chi connectivity index (χ3n) is 4.13. The molecule has 1 amide bonds. The second-order valence-corrected chi connectivity index (χ2v) is 5.82. The summed E-state index contributed by atoms with van der Waals surface area (Å²) in [7, 11) is 0. The minimum atomic E-state index is -0.284. The van der Waals surface area contributed by atoms with Gasteiger partial charge in [0, 0.05) is 43.3 Å². The molecule has 2 unspecified atom stereocenters. The molecule has 0 aromatic carbocycles. The van der Waals surface area contributed by atoms with E-state index in [1.165, 1.54) is 0 Å². The first-order valence-electron chi connectivity index (χ1n) is 7.90. The fourth-order valence-electron chi connectivity index (χ4n) is 2.78. The van der Waals surface area contributed by atoms with E-state index in [0.717, 1.165) is 24.8 Å². The number of aromatic nitrogens is 3. The van der Waals surface area contributed by atoms with E-state index in [1.54, 1.807) is 18.5 Å². The van der Waals surface area contributed by atoms with Crippen LogP contribution in [-0.2, 0) is 11.2 Å². The molecule has 1 aliphatic carbocycles. The van der Waals surface area contributed by atoms with Crippen molar-refractivity contribution >= 4 is 5.91 Å². The van der Waals surface area contributed by atoms with Crippen molar-refractivity contribution in [1.82, 2.24) is 20.4 Å². The number of aryl methyl sites for hydroxylation is 1. The van der Waals surface area contributed by atoms with Gasteiger partial charge in [-0.15, -0.1) is 0 Å². The monoisotopic (exact) mass is 316 g/mol. The Hall–Kier alpha value is -2.28. The Bertz CT molecular complexity index is 644. The molecule has 1 aliphatic rings. The number of aliphatic hydroxyl groups excluding tert-OH is 1. The normalized spacial score (nSPS) is 20.6. The molecule has 2 heterocycles. The predicted octanol–water partition coefficient (Wildman–Crippen LogP) is 1.34. The van der Waals surface area contributed by atoms with Crippen molar-refractivity contribution in [2.75, 3.05) is 6.54 Å². The average molecular weight is 316 g/mol. The van der Waals surface area contributed by atoms with E-state index >= 15 is 0 Å². The van der Waals surface area contributed by atoms with E-state index in [2.05, 4.69) is 20.4 Å². The molecule has 1 saturated carbocycles. The molecule has 2 aromatic heterocycles. The maximum atomic E-state index is 11.9. The van der Waals surface area contributed by atoms with Gasteiger partial charge in [0.1, 0.15) is 0 Å². The van der Waals surface area contributed by atoms with Gasteiger partial charge >= 0.3 is 0 Å². The van der Waals surface area contributed by atoms with Crippen molar-refractivity contribution in [3.63, 3.8) is 0 Å². The van der Waals surface area contributed by atoms with Gasteiger partial charge in [-0.3, -0.25) is 9.78 Å². The van der Waals surface area contributed by atoms with Crippen molar-refractivity contribution in [3.05, 3.63) is 30.4 Å². The quantitative estimate of drug-likeness (QED) is 0.834. The highest BCUT2D eigenvalue weighted by molar-refractivity contribution is 5.76. The zero-order valence-electron chi connectivity index (χ0n) is 12.8. The lowest BCUT2D eigenvalue weighted by Gasteiger charge is -2.14. The van der Waals surface area contributed by atoms with Gasteiger partial charge in [0.05, 0.1) is 6.10 Å². The van der Waals surface area contributed by atoms with Crippen LogP contribution in [-0.4, -0.2) is 38.8 Å². The highest BCUT2D eigenvalue weighted by Crippen LogP contribution is 2.24. The molecule has 0 bridgehead atoms. The lowest BCUT2D eigenvalue weighted by atomic mass is 10.1. The number of amides is 1. The smallest absolute Gasteiger partial charge is 0.227 e. The molecule has 23 heavy (non-hydrogen) atoms. The second-order valence-electron chi connectivity index (χ2n) is 5.82. The summed E-state index contributed by atoms with van der Waals surface area (Å²) in [6, 6.07) is 3.65. The van der Waals surface area contributed by atoms with Crippen LogP contribution in [0.4, 0.5) is 0 Å². The summed E-state index contributed by atoms with van der Waals surface area (Å²) in [5, 5.41) is 16.5. The summed E-state index contributed by atoms with van der Waals surface area (Å²) in [6.07, 6.45) is 6.57. The highest BCUT2D eigenvalue weighted by Gasteiger charge is 2.25. The van der Waals surface area contributed by atoms with Gasteiger partial charge in [-0.1, -0.05) is 11.6 Å². The number of carbonyl (C=O) groups excluding carboxylic acids is 1. The Kier molecular flexibility index (Phi) is 4.97. The van der Waals surface area contributed by atoms with Crippen molar-refractivity contribution in [2.24, 2.45) is 5.92 Å². The maximum Gasteiger partial charge on any atom is 0.227 e. The topological polar surface area (TPSA) is 101 Å². The number of rotatable bonds is 6. The number of aliphatic hydroxyl groups is 1. The van der Waals surface area contributed by atoms with E-state index < -0.39 is 0 Å². The summed E-state index contributed by atoms with van der Waals surface area (Å²) in [5.41, 5.74) is 0.780. The molecule has 1 fully saturated rings. The predicted molar refractivity (Wildman–Crippen MR) is 82.2 cm³/mol. The lowest BCUT2D eigenvalue weighted by Crippen LogP contribution is -2.32. The summed E-state index contributed by atoms with van der Waals surface area (Å²) in [4.78, 5) is 20.1. The highest BCUT2D eigenvalue weighted by atomic mass is 16.5. The molecular formula is C16H20N4O3. The van der Waals surface area contributed by atoms with Crippen LogP contribution in [0.25, 0.3) is 11.4 Å². The number of hydrogen-bond donors (Lipinski definition) is 2. The second kappa shape index (κ2) is 7.32. The average Bonchev–Trinajstić information content (AvgIpc) is 3.21. The van der Waals surface area contributed by atoms with Gasteiger partial charge in [-0.05, 0) is 25.0 Å². The summed E-state index contributed by atoms with van der Waals surface area (Å²) >= 11 is 0. The van der Waals surface area contributed by atoms with Crippen molar-refractivity contribution in [2.45, 2.75) is 38.2 Å². The Morgan fingerprint density at radius 2 is 2.35 bits per heavy atom. The van der Waals surface area contributed by atoms with Crippen molar-refractivity contribution in [1.29, 1.82) is 0 Å². The Morgan fingerprint density at radius 1 is 1.43 bits per heavy atom. The lowest BCUT2D eigenvalue weighted by molar-refractivity contribution is -0.121. The molecule has 2 N–H and O–H groups in total. The molecule has 0 radical (unpaired) electrons.